The van der Waals surface area contributed by atoms with E-state index < -0.39 is 0 Å². The number of aryl methyl sites for hydroxylation is 1. The third-order valence-corrected chi connectivity index (χ3v) is 4.86. The summed E-state index contributed by atoms with van der Waals surface area (Å²) in [6.07, 6.45) is 8.20. The molecule has 0 aromatic carbocycles. The molecule has 9 nitrogen and oxygen atoms in total. The normalized spacial score (nSPS) is 18.9. The van der Waals surface area contributed by atoms with Gasteiger partial charge in [0.15, 0.2) is 0 Å². The third-order valence-electron chi connectivity index (χ3n) is 4.86. The van der Waals surface area contributed by atoms with Crippen LogP contribution in [0.1, 0.15) is 12.8 Å². The second-order valence-electron chi connectivity index (χ2n) is 6.75. The molecule has 9 heteroatoms. The monoisotopic (exact) mass is 367 g/mol. The van der Waals surface area contributed by atoms with Gasteiger partial charge in [0.25, 0.3) is 0 Å². The zero-order valence-electron chi connectivity index (χ0n) is 15.2. The Kier molecular flexibility index (Phi) is 4.06. The quantitative estimate of drug-likeness (QED) is 0.681. The zero-order valence-corrected chi connectivity index (χ0v) is 15.2. The fraction of sp³-hybridized carbons (Fsp3) is 0.333. The molecule has 0 bridgehead atoms. The van der Waals surface area contributed by atoms with E-state index in [-0.39, 0.29) is 18.1 Å². The fourth-order valence-corrected chi connectivity index (χ4v) is 3.19. The van der Waals surface area contributed by atoms with Crippen molar-refractivity contribution < 1.29 is 9.53 Å². The molecule has 2 N–H and O–H groups in total. The Labute approximate surface area is 156 Å². The molecule has 1 fully saturated rings. The van der Waals surface area contributed by atoms with Crippen molar-refractivity contribution in [1.82, 2.24) is 29.3 Å². The van der Waals surface area contributed by atoms with Crippen LogP contribution in [0.3, 0.4) is 0 Å². The molecule has 0 atom stereocenters. The lowest BCUT2D eigenvalue weighted by Crippen LogP contribution is -2.49. The van der Waals surface area contributed by atoms with E-state index in [1.54, 1.807) is 39.6 Å². The summed E-state index contributed by atoms with van der Waals surface area (Å²) >= 11 is 0. The number of nitrogens with two attached hydrogens (primary N) is 1. The summed E-state index contributed by atoms with van der Waals surface area (Å²) in [5.74, 6) is 0.788. The topological polar surface area (TPSA) is 104 Å². The van der Waals surface area contributed by atoms with E-state index in [1.807, 2.05) is 13.2 Å². The Bertz CT molecular complexity index is 1020. The SMILES string of the molecule is C=CC(=O)N(C)[C@H]1C[C@@H](Oc2nc(-c3cnn(C)c3)cn3nc(N)cc23)C1. The number of nitrogen functional groups attached to an aromatic ring is 1. The molecule has 3 heterocycles. The van der Waals surface area contributed by atoms with Gasteiger partial charge >= 0.3 is 0 Å². The number of carbonyl (C=O) groups is 1. The summed E-state index contributed by atoms with van der Waals surface area (Å²) in [4.78, 5) is 18.1. The molecule has 3 aromatic heterocycles. The number of rotatable bonds is 5. The van der Waals surface area contributed by atoms with Gasteiger partial charge in [0, 0.05) is 50.8 Å². The van der Waals surface area contributed by atoms with Crippen LogP contribution in [0.15, 0.2) is 37.3 Å². The van der Waals surface area contributed by atoms with Gasteiger partial charge in [0.05, 0.1) is 18.1 Å². The molecule has 1 aliphatic carbocycles. The largest absolute Gasteiger partial charge is 0.473 e. The van der Waals surface area contributed by atoms with Crippen molar-refractivity contribution in [3.63, 3.8) is 0 Å². The number of aromatic nitrogens is 5. The van der Waals surface area contributed by atoms with E-state index in [0.717, 1.165) is 18.4 Å². The molecular weight excluding hydrogens is 346 g/mol. The average molecular weight is 367 g/mol. The van der Waals surface area contributed by atoms with Gasteiger partial charge in [-0.2, -0.15) is 10.2 Å². The van der Waals surface area contributed by atoms with E-state index in [2.05, 4.69) is 21.8 Å². The predicted octanol–water partition coefficient (Wildman–Crippen LogP) is 1.27. The summed E-state index contributed by atoms with van der Waals surface area (Å²) in [6, 6.07) is 1.88. The standard InChI is InChI=1S/C18H21N7O2/c1-4-17(26)24(3)12-5-13(6-12)27-18-15-7-16(19)22-25(15)10-14(21-18)11-8-20-23(2)9-11/h4,7-10,12-13H,1,5-6H2,2-3H3,(H2,19,22)/t12-,13+. The first-order chi connectivity index (χ1) is 12.9. The number of fused-ring (bicyclic) bond motifs is 1. The Morgan fingerprint density at radius 3 is 2.89 bits per heavy atom. The molecule has 0 saturated heterocycles. The van der Waals surface area contributed by atoms with Gasteiger partial charge in [-0.25, -0.2) is 9.50 Å². The van der Waals surface area contributed by atoms with E-state index in [0.29, 0.717) is 22.9 Å². The van der Waals surface area contributed by atoms with Crippen molar-refractivity contribution in [1.29, 1.82) is 0 Å². The maximum Gasteiger partial charge on any atom is 0.245 e. The first kappa shape index (κ1) is 17.1. The van der Waals surface area contributed by atoms with Gasteiger partial charge in [-0.05, 0) is 6.08 Å². The fourth-order valence-electron chi connectivity index (χ4n) is 3.19. The Hall–Kier alpha value is -3.36. The van der Waals surface area contributed by atoms with E-state index in [4.69, 9.17) is 10.5 Å². The van der Waals surface area contributed by atoms with Crippen LogP contribution in [0.5, 0.6) is 5.88 Å². The molecular formula is C18H21N7O2. The summed E-state index contributed by atoms with van der Waals surface area (Å²) in [5, 5.41) is 8.46. The molecule has 0 unspecified atom stereocenters. The molecule has 0 radical (unpaired) electrons. The first-order valence-electron chi connectivity index (χ1n) is 8.65. The summed E-state index contributed by atoms with van der Waals surface area (Å²) in [7, 11) is 3.63. The van der Waals surface area contributed by atoms with Crippen LogP contribution in [0.25, 0.3) is 16.8 Å². The summed E-state index contributed by atoms with van der Waals surface area (Å²) < 4.78 is 9.50. The van der Waals surface area contributed by atoms with E-state index in [9.17, 15) is 4.79 Å². The highest BCUT2D eigenvalue weighted by atomic mass is 16.5. The van der Waals surface area contributed by atoms with E-state index >= 15 is 0 Å². The van der Waals surface area contributed by atoms with Crippen LogP contribution in [-0.2, 0) is 11.8 Å². The minimum Gasteiger partial charge on any atom is -0.473 e. The van der Waals surface area contributed by atoms with Gasteiger partial charge in [-0.15, -0.1) is 0 Å². The van der Waals surface area contributed by atoms with Crippen LogP contribution >= 0.6 is 0 Å². The molecule has 4 rings (SSSR count). The minimum absolute atomic E-state index is 0.0216. The van der Waals surface area contributed by atoms with Crippen LogP contribution in [0.4, 0.5) is 5.82 Å². The number of nitrogens with zero attached hydrogens (tertiary/aromatic N) is 6. The van der Waals surface area contributed by atoms with Crippen molar-refractivity contribution in [3.8, 4) is 17.1 Å². The number of ether oxygens (including phenoxy) is 1. The third kappa shape index (κ3) is 3.12. The molecule has 0 aliphatic heterocycles. The second kappa shape index (κ2) is 6.42. The number of amides is 1. The maximum absolute atomic E-state index is 11.7. The van der Waals surface area contributed by atoms with Gasteiger partial charge in [0.2, 0.25) is 11.8 Å². The lowest BCUT2D eigenvalue weighted by atomic mass is 9.88. The van der Waals surface area contributed by atoms with Crippen LogP contribution in [0, 0.1) is 0 Å². The van der Waals surface area contributed by atoms with Crippen molar-refractivity contribution in [3.05, 3.63) is 37.3 Å². The van der Waals surface area contributed by atoms with E-state index in [1.165, 1.54) is 6.08 Å². The van der Waals surface area contributed by atoms with Crippen molar-refractivity contribution in [2.45, 2.75) is 25.0 Å². The van der Waals surface area contributed by atoms with Gasteiger partial charge in [0.1, 0.15) is 17.4 Å². The van der Waals surface area contributed by atoms with Gasteiger partial charge in [-0.3, -0.25) is 9.48 Å². The minimum atomic E-state index is -0.0823. The highest BCUT2D eigenvalue weighted by Crippen LogP contribution is 2.32. The first-order valence-corrected chi connectivity index (χ1v) is 8.65. The Morgan fingerprint density at radius 1 is 1.44 bits per heavy atom. The van der Waals surface area contributed by atoms with Crippen LogP contribution < -0.4 is 10.5 Å². The molecule has 1 amide bonds. The van der Waals surface area contributed by atoms with Crippen molar-refractivity contribution in [2.24, 2.45) is 7.05 Å². The molecule has 140 valence electrons. The lowest BCUT2D eigenvalue weighted by molar-refractivity contribution is -0.130. The second-order valence-corrected chi connectivity index (χ2v) is 6.75. The lowest BCUT2D eigenvalue weighted by Gasteiger charge is -2.40. The number of anilines is 1. The van der Waals surface area contributed by atoms with Crippen LogP contribution in [-0.4, -0.2) is 54.4 Å². The number of carbonyl (C=O) groups excluding carboxylic acids is 1. The average Bonchev–Trinajstić information content (AvgIpc) is 3.20. The number of likely N-dealkylation sites (N-methyl/N-ethyl adjacent to an activating group) is 1. The predicted molar refractivity (Wildman–Crippen MR) is 100 cm³/mol. The van der Waals surface area contributed by atoms with Gasteiger partial charge < -0.3 is 15.4 Å². The Balaban J connectivity index is 1.58. The molecule has 27 heavy (non-hydrogen) atoms. The number of hydrogen-bond donors (Lipinski definition) is 1. The van der Waals surface area contributed by atoms with Crippen molar-refractivity contribution >= 4 is 17.2 Å². The summed E-state index contributed by atoms with van der Waals surface area (Å²) in [5.41, 5.74) is 8.12. The Morgan fingerprint density at radius 2 is 2.22 bits per heavy atom. The molecule has 1 aliphatic rings. The molecule has 1 saturated carbocycles. The molecule has 3 aromatic rings. The van der Waals surface area contributed by atoms with Crippen LogP contribution in [0.2, 0.25) is 0 Å². The number of hydrogen-bond acceptors (Lipinski definition) is 6. The highest BCUT2D eigenvalue weighted by Gasteiger charge is 2.35. The van der Waals surface area contributed by atoms with Crippen molar-refractivity contribution in [2.75, 3.05) is 12.8 Å². The smallest absolute Gasteiger partial charge is 0.245 e. The molecule has 0 spiro atoms. The zero-order chi connectivity index (χ0) is 19.1. The maximum atomic E-state index is 11.7. The summed E-state index contributed by atoms with van der Waals surface area (Å²) in [6.45, 7) is 3.53. The highest BCUT2D eigenvalue weighted by molar-refractivity contribution is 5.87. The van der Waals surface area contributed by atoms with Gasteiger partial charge in [-0.1, -0.05) is 6.58 Å².